The first-order valence-corrected chi connectivity index (χ1v) is 9.19. The van der Waals surface area contributed by atoms with Crippen molar-refractivity contribution in [2.24, 2.45) is 0 Å². The smallest absolute Gasteiger partial charge is 0.262 e. The fourth-order valence-corrected chi connectivity index (χ4v) is 4.17. The molecule has 0 aliphatic carbocycles. The fraction of sp³-hybridized carbons (Fsp3) is 0.0769. The number of anilines is 2. The highest BCUT2D eigenvalue weighted by atomic mass is 79.9. The van der Waals surface area contributed by atoms with Crippen molar-refractivity contribution in [2.75, 3.05) is 10.5 Å². The van der Waals surface area contributed by atoms with Crippen LogP contribution >= 0.6 is 43.5 Å². The van der Waals surface area contributed by atoms with Crippen LogP contribution in [0.15, 0.2) is 44.2 Å². The molecule has 0 aromatic heterocycles. The SMILES string of the molecule is Cc1cc(Br)c(N)cc1S(=O)(=O)Nc1cc(Cl)ccc1Br. The predicted molar refractivity (Wildman–Crippen MR) is 93.3 cm³/mol. The summed E-state index contributed by atoms with van der Waals surface area (Å²) in [4.78, 5) is 0.120. The summed E-state index contributed by atoms with van der Waals surface area (Å²) in [6.45, 7) is 1.70. The standard InChI is InChI=1S/C13H11Br2ClN2O2S/c1-7-4-10(15)11(17)6-13(7)21(19,20)18-12-5-8(16)2-3-9(12)14/h2-6,18H,17H2,1H3. The van der Waals surface area contributed by atoms with E-state index in [1.807, 2.05) is 0 Å². The van der Waals surface area contributed by atoms with Crippen molar-refractivity contribution >= 4 is 64.9 Å². The molecule has 0 aliphatic rings. The maximum atomic E-state index is 12.5. The highest BCUT2D eigenvalue weighted by Crippen LogP contribution is 2.31. The van der Waals surface area contributed by atoms with Crippen molar-refractivity contribution in [3.05, 3.63) is 49.9 Å². The summed E-state index contributed by atoms with van der Waals surface area (Å²) in [5, 5.41) is 0.433. The second-order valence-corrected chi connectivity index (χ2v) is 8.16. The molecule has 0 bridgehead atoms. The highest BCUT2D eigenvalue weighted by molar-refractivity contribution is 9.11. The minimum atomic E-state index is -3.76. The van der Waals surface area contributed by atoms with Gasteiger partial charge in [0.15, 0.2) is 0 Å². The van der Waals surface area contributed by atoms with E-state index < -0.39 is 10.0 Å². The van der Waals surface area contributed by atoms with Crippen LogP contribution < -0.4 is 10.5 Å². The van der Waals surface area contributed by atoms with Gasteiger partial charge in [-0.25, -0.2) is 8.42 Å². The zero-order valence-electron chi connectivity index (χ0n) is 10.8. The Labute approximate surface area is 145 Å². The van der Waals surface area contributed by atoms with Crippen LogP contribution in [0.2, 0.25) is 5.02 Å². The van der Waals surface area contributed by atoms with Gasteiger partial charge in [0, 0.05) is 19.7 Å². The zero-order valence-corrected chi connectivity index (χ0v) is 15.6. The Balaban J connectivity index is 2.48. The third kappa shape index (κ3) is 3.71. The molecular formula is C13H11Br2ClN2O2S. The van der Waals surface area contributed by atoms with Gasteiger partial charge >= 0.3 is 0 Å². The third-order valence-electron chi connectivity index (χ3n) is 2.76. The zero-order chi connectivity index (χ0) is 15.8. The first-order chi connectivity index (χ1) is 9.70. The van der Waals surface area contributed by atoms with Crippen LogP contribution in [0.1, 0.15) is 5.56 Å². The lowest BCUT2D eigenvalue weighted by molar-refractivity contribution is 0.600. The molecular weight excluding hydrogens is 443 g/mol. The minimum Gasteiger partial charge on any atom is -0.398 e. The second-order valence-electron chi connectivity index (χ2n) is 4.37. The van der Waals surface area contributed by atoms with E-state index in [4.69, 9.17) is 17.3 Å². The number of hydrogen-bond acceptors (Lipinski definition) is 3. The number of nitrogens with two attached hydrogens (primary N) is 1. The van der Waals surface area contributed by atoms with E-state index in [1.165, 1.54) is 12.1 Å². The summed E-state index contributed by atoms with van der Waals surface area (Å²) in [6.07, 6.45) is 0. The highest BCUT2D eigenvalue weighted by Gasteiger charge is 2.19. The van der Waals surface area contributed by atoms with E-state index in [2.05, 4.69) is 36.6 Å². The summed E-state index contributed by atoms with van der Waals surface area (Å²) in [5.41, 5.74) is 7.07. The molecule has 0 atom stereocenters. The summed E-state index contributed by atoms with van der Waals surface area (Å²) in [5.74, 6) is 0. The van der Waals surface area contributed by atoms with E-state index in [1.54, 1.807) is 25.1 Å². The van der Waals surface area contributed by atoms with Crippen molar-refractivity contribution in [3.8, 4) is 0 Å². The van der Waals surface area contributed by atoms with Crippen LogP contribution in [0.5, 0.6) is 0 Å². The molecule has 2 aromatic carbocycles. The van der Waals surface area contributed by atoms with Gasteiger partial charge in [0.2, 0.25) is 0 Å². The maximum absolute atomic E-state index is 12.5. The van der Waals surface area contributed by atoms with E-state index in [9.17, 15) is 8.42 Å². The lowest BCUT2D eigenvalue weighted by atomic mass is 10.2. The average molecular weight is 455 g/mol. The Kier molecular flexibility index (Phi) is 4.87. The molecule has 2 aromatic rings. The van der Waals surface area contributed by atoms with Gasteiger partial charge in [-0.3, -0.25) is 4.72 Å². The molecule has 4 nitrogen and oxygen atoms in total. The van der Waals surface area contributed by atoms with E-state index >= 15 is 0 Å². The van der Waals surface area contributed by atoms with Gasteiger partial charge in [-0.2, -0.15) is 0 Å². The fourth-order valence-electron chi connectivity index (χ4n) is 1.73. The largest absolute Gasteiger partial charge is 0.398 e. The monoisotopic (exact) mass is 452 g/mol. The van der Waals surface area contributed by atoms with Crippen molar-refractivity contribution in [1.29, 1.82) is 0 Å². The summed E-state index contributed by atoms with van der Waals surface area (Å²) < 4.78 is 28.8. The topological polar surface area (TPSA) is 72.2 Å². The van der Waals surface area contributed by atoms with Crippen molar-refractivity contribution in [1.82, 2.24) is 0 Å². The Morgan fingerprint density at radius 2 is 1.81 bits per heavy atom. The average Bonchev–Trinajstić information content (AvgIpc) is 2.37. The Morgan fingerprint density at radius 1 is 1.14 bits per heavy atom. The lowest BCUT2D eigenvalue weighted by Gasteiger charge is -2.13. The van der Waals surface area contributed by atoms with Gasteiger partial charge < -0.3 is 5.73 Å². The van der Waals surface area contributed by atoms with Gasteiger partial charge in [-0.1, -0.05) is 11.6 Å². The molecule has 0 spiro atoms. The first-order valence-electron chi connectivity index (χ1n) is 5.74. The number of halogens is 3. The van der Waals surface area contributed by atoms with E-state index in [0.29, 0.717) is 30.9 Å². The molecule has 0 heterocycles. The van der Waals surface area contributed by atoms with Crippen LogP contribution in [0, 0.1) is 6.92 Å². The number of aryl methyl sites for hydroxylation is 1. The Bertz CT molecular complexity index is 810. The van der Waals surface area contributed by atoms with Crippen molar-refractivity contribution in [3.63, 3.8) is 0 Å². The first kappa shape index (κ1) is 16.6. The molecule has 8 heteroatoms. The molecule has 0 aliphatic heterocycles. The summed E-state index contributed by atoms with van der Waals surface area (Å²) >= 11 is 12.4. The molecule has 112 valence electrons. The van der Waals surface area contributed by atoms with Crippen LogP contribution in [0.3, 0.4) is 0 Å². The molecule has 0 radical (unpaired) electrons. The van der Waals surface area contributed by atoms with Gasteiger partial charge in [-0.05, 0) is 74.7 Å². The summed E-state index contributed by atoms with van der Waals surface area (Å²) in [6, 6.07) is 7.94. The number of benzene rings is 2. The molecule has 0 unspecified atom stereocenters. The predicted octanol–water partition coefficient (Wildman–Crippen LogP) is 4.56. The molecule has 0 saturated heterocycles. The second kappa shape index (κ2) is 6.16. The molecule has 0 amide bonds. The minimum absolute atomic E-state index is 0.120. The number of sulfonamides is 1. The number of rotatable bonds is 3. The molecule has 0 saturated carbocycles. The lowest BCUT2D eigenvalue weighted by Crippen LogP contribution is -2.15. The quantitative estimate of drug-likeness (QED) is 0.668. The Hall–Kier alpha value is -0.760. The molecule has 0 fully saturated rings. The summed E-state index contributed by atoms with van der Waals surface area (Å²) in [7, 11) is -3.76. The maximum Gasteiger partial charge on any atom is 0.262 e. The van der Waals surface area contributed by atoms with Crippen LogP contribution in [-0.2, 0) is 10.0 Å². The van der Waals surface area contributed by atoms with Crippen molar-refractivity contribution in [2.45, 2.75) is 11.8 Å². The van der Waals surface area contributed by atoms with Crippen LogP contribution in [0.4, 0.5) is 11.4 Å². The van der Waals surface area contributed by atoms with Crippen LogP contribution in [0.25, 0.3) is 0 Å². The van der Waals surface area contributed by atoms with Gasteiger partial charge in [0.25, 0.3) is 10.0 Å². The molecule has 21 heavy (non-hydrogen) atoms. The number of nitrogens with one attached hydrogen (secondary N) is 1. The molecule has 3 N–H and O–H groups in total. The number of nitrogen functional groups attached to an aromatic ring is 1. The van der Waals surface area contributed by atoms with Gasteiger partial charge in [0.05, 0.1) is 10.6 Å². The van der Waals surface area contributed by atoms with Crippen LogP contribution in [-0.4, -0.2) is 8.42 Å². The third-order valence-corrected chi connectivity index (χ3v) is 5.88. The van der Waals surface area contributed by atoms with Gasteiger partial charge in [0.1, 0.15) is 0 Å². The molecule has 2 rings (SSSR count). The van der Waals surface area contributed by atoms with Crippen molar-refractivity contribution < 1.29 is 8.42 Å². The normalized spacial score (nSPS) is 11.4. The Morgan fingerprint density at radius 3 is 2.48 bits per heavy atom. The number of hydrogen-bond donors (Lipinski definition) is 2. The van der Waals surface area contributed by atoms with E-state index in [0.717, 1.165) is 0 Å². The van der Waals surface area contributed by atoms with E-state index in [-0.39, 0.29) is 4.90 Å². The van der Waals surface area contributed by atoms with Gasteiger partial charge in [-0.15, -0.1) is 0 Å².